The highest BCUT2D eigenvalue weighted by Crippen LogP contribution is 2.22. The van der Waals surface area contributed by atoms with Crippen LogP contribution in [0.15, 0.2) is 54.6 Å². The summed E-state index contributed by atoms with van der Waals surface area (Å²) >= 11 is 0. The highest BCUT2D eigenvalue weighted by Gasteiger charge is 2.13. The number of nitrogens with one attached hydrogen (secondary N) is 1. The average molecular weight is 333 g/mol. The lowest BCUT2D eigenvalue weighted by molar-refractivity contribution is -0.121. The largest absolute Gasteiger partial charge is 0.399 e. The monoisotopic (exact) mass is 332 g/mol. The zero-order chi connectivity index (χ0) is 15.8. The SMILES string of the molecule is CCC(CC(=O)NCCc1ccc(N)cc1)c1ccccc1.Cl. The first-order valence-electron chi connectivity index (χ1n) is 7.85. The maximum atomic E-state index is 12.1. The van der Waals surface area contributed by atoms with E-state index in [0.717, 1.165) is 18.5 Å². The van der Waals surface area contributed by atoms with Gasteiger partial charge in [0.05, 0.1) is 0 Å². The lowest BCUT2D eigenvalue weighted by Gasteiger charge is -2.15. The minimum absolute atomic E-state index is 0. The zero-order valence-corrected chi connectivity index (χ0v) is 14.3. The van der Waals surface area contributed by atoms with E-state index in [0.29, 0.717) is 13.0 Å². The fraction of sp³-hybridized carbons (Fsp3) is 0.316. The Kier molecular flexibility index (Phi) is 8.20. The third kappa shape index (κ3) is 6.33. The number of hydrogen-bond donors (Lipinski definition) is 2. The molecule has 0 aliphatic rings. The number of nitrogen functional groups attached to an aromatic ring is 1. The van der Waals surface area contributed by atoms with Crippen molar-refractivity contribution in [1.29, 1.82) is 0 Å². The highest BCUT2D eigenvalue weighted by molar-refractivity contribution is 5.85. The Labute approximate surface area is 144 Å². The quantitative estimate of drug-likeness (QED) is 0.755. The molecule has 23 heavy (non-hydrogen) atoms. The molecule has 4 heteroatoms. The average Bonchev–Trinajstić information content (AvgIpc) is 2.55. The molecule has 0 radical (unpaired) electrons. The van der Waals surface area contributed by atoms with Gasteiger partial charge in [-0.25, -0.2) is 0 Å². The van der Waals surface area contributed by atoms with Gasteiger partial charge in [0, 0.05) is 18.7 Å². The van der Waals surface area contributed by atoms with Crippen molar-refractivity contribution in [3.8, 4) is 0 Å². The Bertz CT molecular complexity index is 584. The van der Waals surface area contributed by atoms with E-state index in [2.05, 4.69) is 24.4 Å². The Hall–Kier alpha value is -2.00. The van der Waals surface area contributed by atoms with Gasteiger partial charge >= 0.3 is 0 Å². The first-order chi connectivity index (χ1) is 10.7. The molecule has 0 aliphatic carbocycles. The Morgan fingerprint density at radius 2 is 1.74 bits per heavy atom. The molecule has 0 fully saturated rings. The van der Waals surface area contributed by atoms with Crippen molar-refractivity contribution in [2.75, 3.05) is 12.3 Å². The van der Waals surface area contributed by atoms with Crippen LogP contribution in [0.25, 0.3) is 0 Å². The molecule has 0 saturated heterocycles. The Morgan fingerprint density at radius 1 is 1.09 bits per heavy atom. The Morgan fingerprint density at radius 3 is 2.35 bits per heavy atom. The van der Waals surface area contributed by atoms with E-state index in [9.17, 15) is 4.79 Å². The fourth-order valence-electron chi connectivity index (χ4n) is 2.55. The van der Waals surface area contributed by atoms with Gasteiger partial charge in [-0.05, 0) is 42.0 Å². The first kappa shape index (κ1) is 19.0. The number of hydrogen-bond acceptors (Lipinski definition) is 2. The molecule has 3 nitrogen and oxygen atoms in total. The standard InChI is InChI=1S/C19H24N2O.ClH/c1-2-16(17-6-4-3-5-7-17)14-19(22)21-13-12-15-8-10-18(20)11-9-15;/h3-11,16H,2,12-14,20H2,1H3,(H,21,22);1H. The molecule has 2 rings (SSSR count). The summed E-state index contributed by atoms with van der Waals surface area (Å²) in [7, 11) is 0. The molecule has 0 bridgehead atoms. The first-order valence-corrected chi connectivity index (χ1v) is 7.85. The van der Waals surface area contributed by atoms with Gasteiger partial charge in [-0.2, -0.15) is 0 Å². The molecule has 0 aromatic heterocycles. The lowest BCUT2D eigenvalue weighted by Crippen LogP contribution is -2.27. The van der Waals surface area contributed by atoms with Crippen LogP contribution in [-0.2, 0) is 11.2 Å². The number of halogens is 1. The molecular weight excluding hydrogens is 308 g/mol. The predicted octanol–water partition coefficient (Wildman–Crippen LogP) is 3.93. The van der Waals surface area contributed by atoms with Crippen LogP contribution in [0.1, 0.15) is 36.8 Å². The molecule has 124 valence electrons. The van der Waals surface area contributed by atoms with Crippen molar-refractivity contribution >= 4 is 24.0 Å². The fourth-order valence-corrected chi connectivity index (χ4v) is 2.55. The van der Waals surface area contributed by atoms with Crippen LogP contribution in [-0.4, -0.2) is 12.5 Å². The van der Waals surface area contributed by atoms with Gasteiger partial charge in [0.2, 0.25) is 5.91 Å². The normalized spacial score (nSPS) is 11.3. The van der Waals surface area contributed by atoms with E-state index in [1.807, 2.05) is 42.5 Å². The van der Waals surface area contributed by atoms with Crippen LogP contribution >= 0.6 is 12.4 Å². The highest BCUT2D eigenvalue weighted by atomic mass is 35.5. The van der Waals surface area contributed by atoms with Crippen LogP contribution in [0.3, 0.4) is 0 Å². The van der Waals surface area contributed by atoms with E-state index in [4.69, 9.17) is 5.73 Å². The van der Waals surface area contributed by atoms with Gasteiger partial charge in [-0.15, -0.1) is 12.4 Å². The van der Waals surface area contributed by atoms with Gasteiger partial charge in [0.15, 0.2) is 0 Å². The Balaban J connectivity index is 0.00000264. The summed E-state index contributed by atoms with van der Waals surface area (Å²) in [6, 6.07) is 18.0. The number of amides is 1. The summed E-state index contributed by atoms with van der Waals surface area (Å²) < 4.78 is 0. The van der Waals surface area contributed by atoms with Crippen LogP contribution in [0.5, 0.6) is 0 Å². The third-order valence-corrected chi connectivity index (χ3v) is 3.91. The van der Waals surface area contributed by atoms with Crippen molar-refractivity contribution in [2.45, 2.75) is 32.1 Å². The van der Waals surface area contributed by atoms with Crippen molar-refractivity contribution in [3.63, 3.8) is 0 Å². The minimum Gasteiger partial charge on any atom is -0.399 e. The van der Waals surface area contributed by atoms with Crippen LogP contribution in [0.2, 0.25) is 0 Å². The summed E-state index contributed by atoms with van der Waals surface area (Å²) in [5.74, 6) is 0.406. The molecule has 0 heterocycles. The number of benzene rings is 2. The topological polar surface area (TPSA) is 55.1 Å². The molecule has 0 saturated carbocycles. The molecule has 1 amide bonds. The summed E-state index contributed by atoms with van der Waals surface area (Å²) in [5.41, 5.74) is 8.84. The van der Waals surface area contributed by atoms with Gasteiger partial charge < -0.3 is 11.1 Å². The van der Waals surface area contributed by atoms with Gasteiger partial charge in [0.1, 0.15) is 0 Å². The number of nitrogens with two attached hydrogens (primary N) is 1. The van der Waals surface area contributed by atoms with Crippen LogP contribution in [0.4, 0.5) is 5.69 Å². The van der Waals surface area contributed by atoms with Crippen molar-refractivity contribution in [1.82, 2.24) is 5.32 Å². The number of rotatable bonds is 7. The summed E-state index contributed by atoms with van der Waals surface area (Å²) in [6.45, 7) is 2.79. The predicted molar refractivity (Wildman–Crippen MR) is 98.9 cm³/mol. The molecule has 0 aliphatic heterocycles. The third-order valence-electron chi connectivity index (χ3n) is 3.91. The summed E-state index contributed by atoms with van der Waals surface area (Å²) in [6.07, 6.45) is 2.34. The zero-order valence-electron chi connectivity index (χ0n) is 13.5. The van der Waals surface area contributed by atoms with Gasteiger partial charge in [0.25, 0.3) is 0 Å². The molecule has 1 atom stereocenters. The summed E-state index contributed by atoms with van der Waals surface area (Å²) in [5, 5.41) is 3.01. The van der Waals surface area contributed by atoms with Crippen LogP contribution < -0.4 is 11.1 Å². The van der Waals surface area contributed by atoms with Crippen molar-refractivity contribution in [3.05, 3.63) is 65.7 Å². The molecule has 0 spiro atoms. The number of anilines is 1. The van der Waals surface area contributed by atoms with Crippen LogP contribution in [0, 0.1) is 0 Å². The lowest BCUT2D eigenvalue weighted by atomic mass is 9.93. The molecule has 2 aromatic carbocycles. The molecule has 3 N–H and O–H groups in total. The second-order valence-corrected chi connectivity index (χ2v) is 5.56. The van der Waals surface area contributed by atoms with E-state index in [1.165, 1.54) is 11.1 Å². The number of carbonyl (C=O) groups is 1. The van der Waals surface area contributed by atoms with E-state index in [1.54, 1.807) is 0 Å². The van der Waals surface area contributed by atoms with Gasteiger partial charge in [-0.3, -0.25) is 4.79 Å². The van der Waals surface area contributed by atoms with Crippen molar-refractivity contribution < 1.29 is 4.79 Å². The second kappa shape index (κ2) is 9.90. The van der Waals surface area contributed by atoms with E-state index < -0.39 is 0 Å². The van der Waals surface area contributed by atoms with Gasteiger partial charge in [-0.1, -0.05) is 49.4 Å². The van der Waals surface area contributed by atoms with E-state index in [-0.39, 0.29) is 24.2 Å². The maximum Gasteiger partial charge on any atom is 0.220 e. The maximum absolute atomic E-state index is 12.1. The molecular formula is C19H25ClN2O. The number of carbonyl (C=O) groups excluding carboxylic acids is 1. The summed E-state index contributed by atoms with van der Waals surface area (Å²) in [4.78, 5) is 12.1. The molecule has 2 aromatic rings. The molecule has 1 unspecified atom stereocenters. The van der Waals surface area contributed by atoms with Crippen molar-refractivity contribution in [2.24, 2.45) is 0 Å². The smallest absolute Gasteiger partial charge is 0.220 e. The minimum atomic E-state index is 0. The van der Waals surface area contributed by atoms with E-state index >= 15 is 0 Å². The second-order valence-electron chi connectivity index (χ2n) is 5.56.